The Bertz CT molecular complexity index is 1290. The lowest BCUT2D eigenvalue weighted by Gasteiger charge is -2.23. The van der Waals surface area contributed by atoms with Crippen molar-refractivity contribution in [1.82, 2.24) is 15.1 Å². The summed E-state index contributed by atoms with van der Waals surface area (Å²) in [7, 11) is 1.72. The number of halogens is 1. The summed E-state index contributed by atoms with van der Waals surface area (Å²) in [5.41, 5.74) is 0.920. The largest absolute Gasteiger partial charge is 0.485 e. The number of carbonyl (C=O) groups excluding carboxylic acids is 1. The lowest BCUT2D eigenvalue weighted by Crippen LogP contribution is -2.27. The van der Waals surface area contributed by atoms with Crippen LogP contribution in [0.5, 0.6) is 11.5 Å². The number of benzene rings is 2. The van der Waals surface area contributed by atoms with Crippen LogP contribution >= 0.6 is 23.4 Å². The van der Waals surface area contributed by atoms with E-state index in [1.165, 1.54) is 11.8 Å². The zero-order valence-electron chi connectivity index (χ0n) is 18.1. The molecule has 0 aliphatic carbocycles. The number of para-hydroxylation sites is 2. The molecule has 0 saturated carbocycles. The third-order valence-corrected chi connectivity index (χ3v) is 6.19. The van der Waals surface area contributed by atoms with Crippen molar-refractivity contribution in [2.75, 3.05) is 19.4 Å². The number of ether oxygens (including phenoxy) is 2. The van der Waals surface area contributed by atoms with Crippen LogP contribution in [0.1, 0.15) is 17.8 Å². The van der Waals surface area contributed by atoms with E-state index in [0.717, 1.165) is 11.3 Å². The summed E-state index contributed by atoms with van der Waals surface area (Å²) >= 11 is 7.11. The van der Waals surface area contributed by atoms with E-state index in [4.69, 9.17) is 29.9 Å². The SMILES string of the molecule is CN(Cc1ccc(-c2ccc(Cl)cc2)o1)C(=O)CSc1nnc(C2COc3ccccc3O2)o1. The highest BCUT2D eigenvalue weighted by atomic mass is 35.5. The summed E-state index contributed by atoms with van der Waals surface area (Å²) in [4.78, 5) is 14.2. The molecule has 8 nitrogen and oxygen atoms in total. The number of hydrogen-bond donors (Lipinski definition) is 0. The Hall–Kier alpha value is -3.43. The molecule has 1 amide bonds. The van der Waals surface area contributed by atoms with Gasteiger partial charge in [0.15, 0.2) is 11.5 Å². The Balaban J connectivity index is 1.13. The maximum absolute atomic E-state index is 12.6. The van der Waals surface area contributed by atoms with Gasteiger partial charge in [-0.05, 0) is 48.5 Å². The van der Waals surface area contributed by atoms with E-state index in [1.54, 1.807) is 24.1 Å². The van der Waals surface area contributed by atoms with Crippen LogP contribution in [0.15, 0.2) is 74.7 Å². The standard InChI is InChI=1S/C24H20ClN3O5S/c1-28(12-17-10-11-18(31-17)15-6-8-16(25)9-7-15)22(29)14-34-24-27-26-23(33-24)21-13-30-19-4-2-3-5-20(19)32-21/h2-11,21H,12-14H2,1H3. The van der Waals surface area contributed by atoms with E-state index < -0.39 is 6.10 Å². The number of amides is 1. The molecule has 1 aliphatic heterocycles. The van der Waals surface area contributed by atoms with Crippen molar-refractivity contribution < 1.29 is 23.1 Å². The van der Waals surface area contributed by atoms with Crippen molar-refractivity contribution in [3.63, 3.8) is 0 Å². The molecule has 0 bridgehead atoms. The zero-order chi connectivity index (χ0) is 23.5. The van der Waals surface area contributed by atoms with Crippen LogP contribution in [0.25, 0.3) is 11.3 Å². The molecule has 2 aromatic carbocycles. The average molecular weight is 498 g/mol. The summed E-state index contributed by atoms with van der Waals surface area (Å²) < 4.78 is 23.1. The fourth-order valence-corrected chi connectivity index (χ4v) is 4.17. The Labute approximate surface area is 204 Å². The summed E-state index contributed by atoms with van der Waals surface area (Å²) in [6.45, 7) is 0.612. The minimum absolute atomic E-state index is 0.0969. The van der Waals surface area contributed by atoms with Gasteiger partial charge in [-0.25, -0.2) is 0 Å². The van der Waals surface area contributed by atoms with Crippen LogP contribution in [-0.2, 0) is 11.3 Å². The predicted octanol–water partition coefficient (Wildman–Crippen LogP) is 5.25. The first-order chi connectivity index (χ1) is 16.5. The molecule has 0 saturated heterocycles. The number of thioether (sulfide) groups is 1. The highest BCUT2D eigenvalue weighted by molar-refractivity contribution is 7.99. The van der Waals surface area contributed by atoms with Crippen molar-refractivity contribution >= 4 is 29.3 Å². The normalized spacial score (nSPS) is 14.7. The minimum atomic E-state index is -0.496. The monoisotopic (exact) mass is 497 g/mol. The van der Waals surface area contributed by atoms with Crippen molar-refractivity contribution in [3.05, 3.63) is 77.3 Å². The average Bonchev–Trinajstić information content (AvgIpc) is 3.52. The topological polar surface area (TPSA) is 90.8 Å². The molecule has 0 fully saturated rings. The van der Waals surface area contributed by atoms with E-state index in [9.17, 15) is 4.79 Å². The molecule has 1 unspecified atom stereocenters. The van der Waals surface area contributed by atoms with E-state index in [2.05, 4.69) is 10.2 Å². The Morgan fingerprint density at radius 2 is 1.85 bits per heavy atom. The van der Waals surface area contributed by atoms with Crippen LogP contribution in [0, 0.1) is 0 Å². The number of furan rings is 1. The second-order valence-electron chi connectivity index (χ2n) is 7.58. The van der Waals surface area contributed by atoms with E-state index in [0.29, 0.717) is 39.9 Å². The molecule has 0 spiro atoms. The number of fused-ring (bicyclic) bond motifs is 1. The highest BCUT2D eigenvalue weighted by Gasteiger charge is 2.27. The lowest BCUT2D eigenvalue weighted by atomic mass is 10.2. The van der Waals surface area contributed by atoms with E-state index >= 15 is 0 Å². The van der Waals surface area contributed by atoms with Crippen molar-refractivity contribution in [3.8, 4) is 22.8 Å². The van der Waals surface area contributed by atoms with Crippen LogP contribution < -0.4 is 9.47 Å². The van der Waals surface area contributed by atoms with Crippen molar-refractivity contribution in [1.29, 1.82) is 0 Å². The first kappa shape index (κ1) is 22.4. The van der Waals surface area contributed by atoms with E-state index in [1.807, 2.05) is 48.5 Å². The smallest absolute Gasteiger partial charge is 0.277 e. The summed E-state index contributed by atoms with van der Waals surface area (Å²) in [6, 6.07) is 18.5. The molecule has 3 heterocycles. The maximum Gasteiger partial charge on any atom is 0.277 e. The highest BCUT2D eigenvalue weighted by Crippen LogP contribution is 2.36. The summed E-state index contributed by atoms with van der Waals surface area (Å²) in [6.07, 6.45) is -0.496. The van der Waals surface area contributed by atoms with Crippen LogP contribution in [0.3, 0.4) is 0 Å². The van der Waals surface area contributed by atoms with Gasteiger partial charge in [0.25, 0.3) is 11.1 Å². The first-order valence-electron chi connectivity index (χ1n) is 10.5. The van der Waals surface area contributed by atoms with Crippen molar-refractivity contribution in [2.45, 2.75) is 17.9 Å². The second kappa shape index (κ2) is 9.82. The third-order valence-electron chi connectivity index (χ3n) is 5.13. The van der Waals surface area contributed by atoms with E-state index in [-0.39, 0.29) is 18.3 Å². The van der Waals surface area contributed by atoms with Crippen LogP contribution in [0.4, 0.5) is 0 Å². The number of rotatable bonds is 7. The van der Waals surface area contributed by atoms with Gasteiger partial charge in [-0.15, -0.1) is 10.2 Å². The molecule has 0 N–H and O–H groups in total. The molecule has 0 radical (unpaired) electrons. The molecule has 174 valence electrons. The van der Waals surface area contributed by atoms with Gasteiger partial charge in [0.2, 0.25) is 12.0 Å². The molecule has 4 aromatic rings. The molecule has 1 atom stereocenters. The second-order valence-corrected chi connectivity index (χ2v) is 8.94. The first-order valence-corrected chi connectivity index (χ1v) is 11.8. The molecule has 5 rings (SSSR count). The number of hydrogen-bond acceptors (Lipinski definition) is 8. The summed E-state index contributed by atoms with van der Waals surface area (Å²) in [5, 5.41) is 9.02. The molecular formula is C24H20ClN3O5S. The minimum Gasteiger partial charge on any atom is -0.485 e. The fourth-order valence-electron chi connectivity index (χ4n) is 3.34. The van der Waals surface area contributed by atoms with Gasteiger partial charge in [0.1, 0.15) is 18.1 Å². The van der Waals surface area contributed by atoms with Crippen LogP contribution in [-0.4, -0.2) is 40.4 Å². The number of carbonyl (C=O) groups is 1. The number of aromatic nitrogens is 2. The van der Waals surface area contributed by atoms with Gasteiger partial charge in [0.05, 0.1) is 12.3 Å². The van der Waals surface area contributed by atoms with Gasteiger partial charge in [-0.2, -0.15) is 0 Å². The molecule has 1 aliphatic rings. The van der Waals surface area contributed by atoms with Gasteiger partial charge >= 0.3 is 0 Å². The zero-order valence-corrected chi connectivity index (χ0v) is 19.7. The molecule has 2 aromatic heterocycles. The summed E-state index contributed by atoms with van der Waals surface area (Å²) in [5.74, 6) is 3.06. The Morgan fingerprint density at radius 3 is 2.68 bits per heavy atom. The third kappa shape index (κ3) is 5.05. The van der Waals surface area contributed by atoms with Crippen molar-refractivity contribution in [2.24, 2.45) is 0 Å². The molecule has 10 heteroatoms. The quantitative estimate of drug-likeness (QED) is 0.320. The lowest BCUT2D eigenvalue weighted by molar-refractivity contribution is -0.127. The Kier molecular flexibility index (Phi) is 6.46. The maximum atomic E-state index is 12.6. The van der Waals surface area contributed by atoms with Gasteiger partial charge in [0, 0.05) is 17.6 Å². The van der Waals surface area contributed by atoms with Gasteiger partial charge in [-0.3, -0.25) is 4.79 Å². The van der Waals surface area contributed by atoms with Gasteiger partial charge < -0.3 is 23.2 Å². The predicted molar refractivity (Wildman–Crippen MR) is 126 cm³/mol. The van der Waals surface area contributed by atoms with Crippen LogP contribution in [0.2, 0.25) is 5.02 Å². The van der Waals surface area contributed by atoms with Gasteiger partial charge in [-0.1, -0.05) is 35.5 Å². The molecule has 34 heavy (non-hydrogen) atoms. The molecular weight excluding hydrogens is 478 g/mol. The fraction of sp³-hybridized carbons (Fsp3) is 0.208. The number of nitrogens with zero attached hydrogens (tertiary/aromatic N) is 3. The Morgan fingerprint density at radius 1 is 1.06 bits per heavy atom.